The van der Waals surface area contributed by atoms with Crippen LogP contribution in [0.3, 0.4) is 0 Å². The summed E-state index contributed by atoms with van der Waals surface area (Å²) in [7, 11) is 3.30. The number of nitrogens with one attached hydrogen (secondary N) is 1. The molecule has 1 heterocycles. The van der Waals surface area contributed by atoms with Crippen LogP contribution in [0.2, 0.25) is 0 Å². The topological polar surface area (TPSA) is 43.4 Å². The Morgan fingerprint density at radius 3 is 2.24 bits per heavy atom. The molecule has 114 valence electrons. The molecule has 0 aliphatic carbocycles. The maximum atomic E-state index is 5.30. The van der Waals surface area contributed by atoms with Crippen LogP contribution in [0, 0.1) is 0 Å². The Balaban J connectivity index is 2.21. The van der Waals surface area contributed by atoms with Crippen LogP contribution in [0.4, 0.5) is 0 Å². The van der Waals surface area contributed by atoms with Crippen LogP contribution in [-0.2, 0) is 6.54 Å². The van der Waals surface area contributed by atoms with Crippen molar-refractivity contribution in [3.05, 3.63) is 29.3 Å². The number of methoxy groups -OCH3 is 2. The van der Waals surface area contributed by atoms with Crippen molar-refractivity contribution in [1.82, 2.24) is 10.3 Å². The van der Waals surface area contributed by atoms with Gasteiger partial charge in [0.15, 0.2) is 0 Å². The number of rotatable bonds is 5. The van der Waals surface area contributed by atoms with Crippen LogP contribution in [0.1, 0.15) is 25.6 Å². The summed E-state index contributed by atoms with van der Waals surface area (Å²) in [5.74, 6) is 1.54. The van der Waals surface area contributed by atoms with Gasteiger partial charge in [-0.05, 0) is 32.9 Å². The summed E-state index contributed by atoms with van der Waals surface area (Å²) < 4.78 is 10.6. The Labute approximate surface area is 130 Å². The number of ether oxygens (including phenoxy) is 2. The van der Waals surface area contributed by atoms with Gasteiger partial charge in [0.05, 0.1) is 14.2 Å². The molecule has 0 aliphatic heterocycles. The summed E-state index contributed by atoms with van der Waals surface area (Å²) in [6, 6.07) is 5.81. The van der Waals surface area contributed by atoms with Gasteiger partial charge in [-0.25, -0.2) is 4.98 Å². The quantitative estimate of drug-likeness (QED) is 0.914. The van der Waals surface area contributed by atoms with Gasteiger partial charge >= 0.3 is 0 Å². The molecule has 0 amide bonds. The van der Waals surface area contributed by atoms with Gasteiger partial charge in [0.2, 0.25) is 0 Å². The highest BCUT2D eigenvalue weighted by Crippen LogP contribution is 2.32. The van der Waals surface area contributed by atoms with Gasteiger partial charge < -0.3 is 14.8 Å². The standard InChI is InChI=1S/C16H22N2O2S/c1-16(2,3)18-10-14-9-17-15(21-14)11-6-12(19-4)8-13(7-11)20-5/h6-9,18H,10H2,1-5H3. The summed E-state index contributed by atoms with van der Waals surface area (Å²) >= 11 is 1.68. The summed E-state index contributed by atoms with van der Waals surface area (Å²) in [5, 5.41) is 4.44. The van der Waals surface area contributed by atoms with Gasteiger partial charge in [0, 0.05) is 34.8 Å². The number of nitrogens with zero attached hydrogens (tertiary/aromatic N) is 1. The highest BCUT2D eigenvalue weighted by atomic mass is 32.1. The molecule has 0 bridgehead atoms. The first-order valence-electron chi connectivity index (χ1n) is 6.84. The number of benzene rings is 1. The fourth-order valence-corrected chi connectivity index (χ4v) is 2.65. The van der Waals surface area contributed by atoms with E-state index in [0.29, 0.717) is 0 Å². The minimum absolute atomic E-state index is 0.101. The maximum Gasteiger partial charge on any atom is 0.123 e. The van der Waals surface area contributed by atoms with Crippen LogP contribution in [0.25, 0.3) is 10.6 Å². The average molecular weight is 306 g/mol. The number of aromatic nitrogens is 1. The lowest BCUT2D eigenvalue weighted by Crippen LogP contribution is -2.34. The number of hydrogen-bond acceptors (Lipinski definition) is 5. The summed E-state index contributed by atoms with van der Waals surface area (Å²) in [6.45, 7) is 7.29. The Morgan fingerprint density at radius 1 is 1.10 bits per heavy atom. The van der Waals surface area contributed by atoms with E-state index in [1.807, 2.05) is 24.4 Å². The first-order chi connectivity index (χ1) is 9.91. The number of thiazole rings is 1. The molecule has 1 aromatic heterocycles. The van der Waals surface area contributed by atoms with E-state index in [0.717, 1.165) is 28.6 Å². The Morgan fingerprint density at radius 2 is 1.71 bits per heavy atom. The minimum atomic E-state index is 0.101. The summed E-state index contributed by atoms with van der Waals surface area (Å²) in [5.41, 5.74) is 1.11. The van der Waals surface area contributed by atoms with Crippen LogP contribution in [0.5, 0.6) is 11.5 Å². The van der Waals surface area contributed by atoms with Crippen molar-refractivity contribution >= 4 is 11.3 Å². The smallest absolute Gasteiger partial charge is 0.123 e. The van der Waals surface area contributed by atoms with E-state index in [-0.39, 0.29) is 5.54 Å². The van der Waals surface area contributed by atoms with Crippen LogP contribution in [0.15, 0.2) is 24.4 Å². The van der Waals surface area contributed by atoms with Crippen molar-refractivity contribution < 1.29 is 9.47 Å². The molecule has 1 N–H and O–H groups in total. The maximum absolute atomic E-state index is 5.30. The molecule has 2 aromatic rings. The Bertz CT molecular complexity index is 580. The molecule has 0 saturated heterocycles. The largest absolute Gasteiger partial charge is 0.497 e. The van der Waals surface area contributed by atoms with Crippen molar-refractivity contribution in [3.63, 3.8) is 0 Å². The molecule has 0 spiro atoms. The zero-order chi connectivity index (χ0) is 15.5. The average Bonchev–Trinajstić information content (AvgIpc) is 2.92. The van der Waals surface area contributed by atoms with Crippen molar-refractivity contribution in [3.8, 4) is 22.1 Å². The van der Waals surface area contributed by atoms with Gasteiger partial charge in [-0.3, -0.25) is 0 Å². The first-order valence-corrected chi connectivity index (χ1v) is 7.66. The molecule has 0 radical (unpaired) electrons. The molecular weight excluding hydrogens is 284 g/mol. The molecule has 0 atom stereocenters. The lowest BCUT2D eigenvalue weighted by atomic mass is 10.1. The second-order valence-electron chi connectivity index (χ2n) is 5.84. The fraction of sp³-hybridized carbons (Fsp3) is 0.438. The van der Waals surface area contributed by atoms with E-state index >= 15 is 0 Å². The monoisotopic (exact) mass is 306 g/mol. The van der Waals surface area contributed by atoms with E-state index in [2.05, 4.69) is 31.1 Å². The predicted molar refractivity (Wildman–Crippen MR) is 87.2 cm³/mol. The third-order valence-corrected chi connectivity index (χ3v) is 3.99. The Kier molecular flexibility index (Phi) is 4.85. The molecule has 1 aromatic carbocycles. The lowest BCUT2D eigenvalue weighted by molar-refractivity contribution is 0.394. The van der Waals surface area contributed by atoms with Crippen molar-refractivity contribution in [2.75, 3.05) is 14.2 Å². The zero-order valence-electron chi connectivity index (χ0n) is 13.2. The predicted octanol–water partition coefficient (Wildman–Crippen LogP) is 3.72. The van der Waals surface area contributed by atoms with E-state index < -0.39 is 0 Å². The lowest BCUT2D eigenvalue weighted by Gasteiger charge is -2.19. The summed E-state index contributed by atoms with van der Waals surface area (Å²) in [4.78, 5) is 5.72. The highest BCUT2D eigenvalue weighted by Gasteiger charge is 2.12. The molecule has 2 rings (SSSR count). The Hall–Kier alpha value is -1.59. The second-order valence-corrected chi connectivity index (χ2v) is 6.95. The van der Waals surface area contributed by atoms with Gasteiger partial charge in [-0.2, -0.15) is 0 Å². The van der Waals surface area contributed by atoms with Crippen LogP contribution in [-0.4, -0.2) is 24.7 Å². The SMILES string of the molecule is COc1cc(OC)cc(-c2ncc(CNC(C)(C)C)s2)c1. The molecule has 0 aliphatic rings. The molecule has 5 heteroatoms. The van der Waals surface area contributed by atoms with Crippen LogP contribution < -0.4 is 14.8 Å². The number of hydrogen-bond donors (Lipinski definition) is 1. The molecule has 4 nitrogen and oxygen atoms in total. The van der Waals surface area contributed by atoms with Gasteiger partial charge in [-0.1, -0.05) is 0 Å². The van der Waals surface area contributed by atoms with Crippen molar-refractivity contribution in [2.45, 2.75) is 32.9 Å². The molecular formula is C16H22N2O2S. The van der Waals surface area contributed by atoms with Crippen molar-refractivity contribution in [2.24, 2.45) is 0 Å². The first kappa shape index (κ1) is 15.8. The molecule has 0 fully saturated rings. The van der Waals surface area contributed by atoms with Gasteiger partial charge in [-0.15, -0.1) is 11.3 Å². The van der Waals surface area contributed by atoms with E-state index in [1.165, 1.54) is 4.88 Å². The molecule has 0 saturated carbocycles. The van der Waals surface area contributed by atoms with Crippen LogP contribution >= 0.6 is 11.3 Å². The van der Waals surface area contributed by atoms with Gasteiger partial charge in [0.25, 0.3) is 0 Å². The third kappa shape index (κ3) is 4.44. The summed E-state index contributed by atoms with van der Waals surface area (Å²) in [6.07, 6.45) is 1.92. The van der Waals surface area contributed by atoms with Gasteiger partial charge in [0.1, 0.15) is 16.5 Å². The highest BCUT2D eigenvalue weighted by molar-refractivity contribution is 7.15. The van der Waals surface area contributed by atoms with E-state index in [1.54, 1.807) is 25.6 Å². The normalized spacial score (nSPS) is 11.5. The second kappa shape index (κ2) is 6.45. The minimum Gasteiger partial charge on any atom is -0.497 e. The zero-order valence-corrected chi connectivity index (χ0v) is 14.0. The fourth-order valence-electron chi connectivity index (χ4n) is 1.81. The van der Waals surface area contributed by atoms with Crippen molar-refractivity contribution in [1.29, 1.82) is 0 Å². The molecule has 21 heavy (non-hydrogen) atoms. The van der Waals surface area contributed by atoms with E-state index in [4.69, 9.17) is 9.47 Å². The van der Waals surface area contributed by atoms with E-state index in [9.17, 15) is 0 Å². The third-order valence-electron chi connectivity index (χ3n) is 2.94. The molecule has 0 unspecified atom stereocenters.